The highest BCUT2D eigenvalue weighted by atomic mass is 32.2. The van der Waals surface area contributed by atoms with E-state index >= 15 is 0 Å². The van der Waals surface area contributed by atoms with Crippen LogP contribution in [-0.4, -0.2) is 13.4 Å². The second-order valence-electron chi connectivity index (χ2n) is 4.23. The normalized spacial score (nSPS) is 11.2. The Morgan fingerprint density at radius 2 is 2.05 bits per heavy atom. The summed E-state index contributed by atoms with van der Waals surface area (Å²) in [5.41, 5.74) is 2.11. The Morgan fingerprint density at radius 3 is 2.65 bits per heavy atom. The maximum atomic E-state index is 13.1. The number of hydrogen-bond donors (Lipinski definition) is 2. The molecule has 7 heteroatoms. The number of sulfonamides is 1. The number of nitrogens with zero attached hydrogens (tertiary/aromatic N) is 1. The van der Waals surface area contributed by atoms with Crippen LogP contribution in [0, 0.1) is 11.3 Å². The van der Waals surface area contributed by atoms with Crippen molar-refractivity contribution in [1.29, 1.82) is 5.26 Å². The van der Waals surface area contributed by atoms with E-state index in [1.54, 1.807) is 12.1 Å². The highest BCUT2D eigenvalue weighted by Gasteiger charge is 2.13. The number of primary sulfonamides is 1. The van der Waals surface area contributed by atoms with Gasteiger partial charge in [0.05, 0.1) is 17.4 Å². The molecule has 2 rings (SSSR count). The molecule has 0 atom stereocenters. The zero-order valence-electron chi connectivity index (χ0n) is 10.4. The van der Waals surface area contributed by atoms with Gasteiger partial charge in [0.25, 0.3) is 0 Å². The van der Waals surface area contributed by atoms with E-state index in [-0.39, 0.29) is 16.9 Å². The Hall–Kier alpha value is -2.17. The molecule has 0 bridgehead atoms. The largest absolute Gasteiger partial charge is 0.358 e. The quantitative estimate of drug-likeness (QED) is 0.899. The third-order valence-corrected chi connectivity index (χ3v) is 3.77. The molecule has 20 heavy (non-hydrogen) atoms. The molecule has 1 heterocycles. The zero-order valence-corrected chi connectivity index (χ0v) is 11.2. The molecule has 1 aromatic heterocycles. The summed E-state index contributed by atoms with van der Waals surface area (Å²) >= 11 is 0. The van der Waals surface area contributed by atoms with E-state index in [2.05, 4.69) is 4.98 Å². The van der Waals surface area contributed by atoms with E-state index in [4.69, 9.17) is 10.4 Å². The number of nitrogens with one attached hydrogen (secondary N) is 1. The van der Waals surface area contributed by atoms with Crippen molar-refractivity contribution >= 4 is 10.0 Å². The van der Waals surface area contributed by atoms with Gasteiger partial charge in [0.15, 0.2) is 0 Å². The number of halogens is 1. The summed E-state index contributed by atoms with van der Waals surface area (Å²) in [6.45, 7) is -0.814. The van der Waals surface area contributed by atoms with E-state index in [1.807, 2.05) is 6.07 Å². The lowest BCUT2D eigenvalue weighted by Crippen LogP contribution is -2.12. The lowest BCUT2D eigenvalue weighted by atomic mass is 10.1. The van der Waals surface area contributed by atoms with Crippen molar-refractivity contribution < 1.29 is 12.8 Å². The van der Waals surface area contributed by atoms with E-state index in [0.717, 1.165) is 0 Å². The lowest BCUT2D eigenvalue weighted by molar-refractivity contribution is 0.485. The SMILES string of the molecule is N#CCc1ccc(-c2ccc(S(N)(=O)=O)cc2CF)[nH]1. The van der Waals surface area contributed by atoms with E-state index in [9.17, 15) is 12.8 Å². The summed E-state index contributed by atoms with van der Waals surface area (Å²) in [5.74, 6) is 0. The fraction of sp³-hybridized carbons (Fsp3) is 0.154. The van der Waals surface area contributed by atoms with Gasteiger partial charge in [0.2, 0.25) is 10.0 Å². The molecule has 1 aromatic carbocycles. The summed E-state index contributed by atoms with van der Waals surface area (Å²) < 4.78 is 35.6. The van der Waals surface area contributed by atoms with Gasteiger partial charge in [-0.3, -0.25) is 0 Å². The van der Waals surface area contributed by atoms with E-state index in [0.29, 0.717) is 17.0 Å². The van der Waals surface area contributed by atoms with Crippen molar-refractivity contribution in [1.82, 2.24) is 4.98 Å². The van der Waals surface area contributed by atoms with Crippen LogP contribution in [0.3, 0.4) is 0 Å². The number of benzene rings is 1. The summed E-state index contributed by atoms with van der Waals surface area (Å²) in [7, 11) is -3.86. The van der Waals surface area contributed by atoms with Gasteiger partial charge in [0.1, 0.15) is 6.67 Å². The highest BCUT2D eigenvalue weighted by molar-refractivity contribution is 7.89. The van der Waals surface area contributed by atoms with Crippen LogP contribution >= 0.6 is 0 Å². The average Bonchev–Trinajstić information content (AvgIpc) is 2.86. The molecule has 0 amide bonds. The fourth-order valence-electron chi connectivity index (χ4n) is 1.91. The van der Waals surface area contributed by atoms with Crippen molar-refractivity contribution in [2.45, 2.75) is 18.0 Å². The van der Waals surface area contributed by atoms with Crippen molar-refractivity contribution in [2.75, 3.05) is 0 Å². The lowest BCUT2D eigenvalue weighted by Gasteiger charge is -2.07. The molecule has 104 valence electrons. The van der Waals surface area contributed by atoms with Crippen LogP contribution in [0.2, 0.25) is 0 Å². The molecular weight excluding hydrogens is 281 g/mol. The molecule has 0 saturated carbocycles. The summed E-state index contributed by atoms with van der Waals surface area (Å²) in [6, 6.07) is 9.50. The van der Waals surface area contributed by atoms with E-state index in [1.165, 1.54) is 18.2 Å². The van der Waals surface area contributed by atoms with Gasteiger partial charge in [-0.15, -0.1) is 0 Å². The standard InChI is InChI=1S/C13H12FN3O2S/c14-8-9-7-11(20(16,18)19)2-3-12(9)13-4-1-10(17-13)5-6-15/h1-4,7,17H,5,8H2,(H2,16,18,19). The van der Waals surface area contributed by atoms with Gasteiger partial charge >= 0.3 is 0 Å². The summed E-state index contributed by atoms with van der Waals surface area (Å²) in [5, 5.41) is 13.6. The number of H-pyrrole nitrogens is 1. The van der Waals surface area contributed by atoms with Crippen LogP contribution in [0.4, 0.5) is 4.39 Å². The number of hydrogen-bond acceptors (Lipinski definition) is 3. The van der Waals surface area contributed by atoms with Gasteiger partial charge in [-0.1, -0.05) is 6.07 Å². The smallest absolute Gasteiger partial charge is 0.238 e. The number of aromatic amines is 1. The number of nitriles is 1. The Kier molecular flexibility index (Phi) is 3.88. The molecule has 0 aliphatic rings. The minimum Gasteiger partial charge on any atom is -0.358 e. The molecule has 0 aliphatic heterocycles. The zero-order chi connectivity index (χ0) is 14.8. The minimum absolute atomic E-state index is 0.127. The Bertz CT molecular complexity index is 775. The van der Waals surface area contributed by atoms with Gasteiger partial charge in [0, 0.05) is 17.0 Å². The average molecular weight is 293 g/mol. The second-order valence-corrected chi connectivity index (χ2v) is 5.79. The van der Waals surface area contributed by atoms with Crippen molar-refractivity contribution in [3.63, 3.8) is 0 Å². The van der Waals surface area contributed by atoms with Crippen LogP contribution in [-0.2, 0) is 23.1 Å². The second kappa shape index (κ2) is 5.45. The molecule has 0 unspecified atom stereocenters. The number of aromatic nitrogens is 1. The van der Waals surface area contributed by atoms with Gasteiger partial charge in [-0.2, -0.15) is 5.26 Å². The minimum atomic E-state index is -3.86. The van der Waals surface area contributed by atoms with Crippen molar-refractivity contribution in [3.05, 3.63) is 41.6 Å². The first-order valence-electron chi connectivity index (χ1n) is 5.72. The van der Waals surface area contributed by atoms with Crippen LogP contribution in [0.25, 0.3) is 11.3 Å². The van der Waals surface area contributed by atoms with Gasteiger partial charge in [-0.25, -0.2) is 17.9 Å². The third kappa shape index (κ3) is 2.87. The summed E-state index contributed by atoms with van der Waals surface area (Å²) in [4.78, 5) is 2.87. The predicted molar refractivity (Wildman–Crippen MR) is 71.7 cm³/mol. The van der Waals surface area contributed by atoms with Crippen LogP contribution in [0.1, 0.15) is 11.3 Å². The first kappa shape index (κ1) is 14.2. The highest BCUT2D eigenvalue weighted by Crippen LogP contribution is 2.26. The Labute approximate surface area is 115 Å². The number of nitrogens with two attached hydrogens (primary N) is 1. The van der Waals surface area contributed by atoms with Crippen molar-refractivity contribution in [2.24, 2.45) is 5.14 Å². The van der Waals surface area contributed by atoms with E-state index < -0.39 is 16.7 Å². The van der Waals surface area contributed by atoms with Crippen LogP contribution in [0.5, 0.6) is 0 Å². The van der Waals surface area contributed by atoms with Crippen LogP contribution < -0.4 is 5.14 Å². The van der Waals surface area contributed by atoms with Gasteiger partial charge in [-0.05, 0) is 29.8 Å². The monoisotopic (exact) mass is 293 g/mol. The molecule has 0 fully saturated rings. The van der Waals surface area contributed by atoms with Crippen LogP contribution in [0.15, 0.2) is 35.2 Å². The first-order valence-corrected chi connectivity index (χ1v) is 7.27. The molecular formula is C13H12FN3O2S. The molecule has 0 radical (unpaired) electrons. The molecule has 0 saturated heterocycles. The number of rotatable bonds is 4. The first-order chi connectivity index (χ1) is 9.45. The third-order valence-electron chi connectivity index (χ3n) is 2.86. The van der Waals surface area contributed by atoms with Crippen molar-refractivity contribution in [3.8, 4) is 17.3 Å². The fourth-order valence-corrected chi connectivity index (χ4v) is 2.47. The maximum Gasteiger partial charge on any atom is 0.238 e. The molecule has 3 N–H and O–H groups in total. The Morgan fingerprint density at radius 1 is 1.30 bits per heavy atom. The topological polar surface area (TPSA) is 99.7 Å². The molecule has 5 nitrogen and oxygen atoms in total. The molecule has 2 aromatic rings. The Balaban J connectivity index is 2.49. The molecule has 0 spiro atoms. The maximum absolute atomic E-state index is 13.1. The molecule has 0 aliphatic carbocycles. The number of alkyl halides is 1. The summed E-state index contributed by atoms with van der Waals surface area (Å²) in [6.07, 6.45) is 0.222. The van der Waals surface area contributed by atoms with Gasteiger partial charge < -0.3 is 4.98 Å². The predicted octanol–water partition coefficient (Wildman–Crippen LogP) is 1.86.